The van der Waals surface area contributed by atoms with Gasteiger partial charge in [0, 0.05) is 0 Å². The highest BCUT2D eigenvalue weighted by atomic mass is 16.6. The number of rotatable bonds is 23. The van der Waals surface area contributed by atoms with E-state index in [2.05, 4.69) is 12.2 Å². The quantitative estimate of drug-likeness (QED) is 0.125. The molecule has 32 heavy (non-hydrogen) atoms. The second-order valence-corrected chi connectivity index (χ2v) is 9.09. The SMILES string of the molecule is CCCCCCCCCCCCCCCCCCOC(=O)C(CCC)NC(=O)OCCC. The molecule has 0 heterocycles. The van der Waals surface area contributed by atoms with Crippen LogP contribution in [0.5, 0.6) is 0 Å². The Bertz CT molecular complexity index is 428. The molecule has 0 aliphatic rings. The van der Waals surface area contributed by atoms with E-state index < -0.39 is 12.1 Å². The third kappa shape index (κ3) is 20.6. The zero-order valence-electron chi connectivity index (χ0n) is 21.6. The van der Waals surface area contributed by atoms with Crippen molar-refractivity contribution >= 4 is 12.1 Å². The van der Waals surface area contributed by atoms with Crippen molar-refractivity contribution in [3.05, 3.63) is 0 Å². The van der Waals surface area contributed by atoms with Crippen molar-refractivity contribution in [2.45, 2.75) is 149 Å². The Morgan fingerprint density at radius 1 is 0.562 bits per heavy atom. The predicted octanol–water partition coefficient (Wildman–Crippen LogP) is 8.10. The van der Waals surface area contributed by atoms with E-state index in [0.29, 0.717) is 19.6 Å². The Kier molecular flexibility index (Phi) is 23.4. The van der Waals surface area contributed by atoms with Crippen molar-refractivity contribution in [2.75, 3.05) is 13.2 Å². The number of hydrogen-bond acceptors (Lipinski definition) is 4. The van der Waals surface area contributed by atoms with E-state index in [1.54, 1.807) is 0 Å². The second-order valence-electron chi connectivity index (χ2n) is 9.09. The van der Waals surface area contributed by atoms with Crippen molar-refractivity contribution in [3.8, 4) is 0 Å². The van der Waals surface area contributed by atoms with Crippen LogP contribution in [0.15, 0.2) is 0 Å². The fourth-order valence-electron chi connectivity index (χ4n) is 3.84. The molecule has 1 atom stereocenters. The summed E-state index contributed by atoms with van der Waals surface area (Å²) in [5.74, 6) is -0.346. The van der Waals surface area contributed by atoms with Gasteiger partial charge in [-0.2, -0.15) is 0 Å². The summed E-state index contributed by atoms with van der Waals surface area (Å²) in [4.78, 5) is 23.9. The van der Waals surface area contributed by atoms with Gasteiger partial charge < -0.3 is 14.8 Å². The van der Waals surface area contributed by atoms with E-state index in [4.69, 9.17) is 9.47 Å². The third-order valence-corrected chi connectivity index (χ3v) is 5.83. The van der Waals surface area contributed by atoms with Crippen molar-refractivity contribution in [2.24, 2.45) is 0 Å². The molecule has 1 amide bonds. The maximum atomic E-state index is 12.2. The molecule has 0 bridgehead atoms. The summed E-state index contributed by atoms with van der Waals surface area (Å²) < 4.78 is 10.4. The number of amides is 1. The molecule has 0 radical (unpaired) electrons. The zero-order valence-corrected chi connectivity index (χ0v) is 21.6. The summed E-state index contributed by atoms with van der Waals surface area (Å²) in [7, 11) is 0. The van der Waals surface area contributed by atoms with Crippen LogP contribution in [0.25, 0.3) is 0 Å². The van der Waals surface area contributed by atoms with Crippen LogP contribution in [0.4, 0.5) is 4.79 Å². The van der Waals surface area contributed by atoms with Gasteiger partial charge in [0.05, 0.1) is 13.2 Å². The van der Waals surface area contributed by atoms with Gasteiger partial charge in [-0.15, -0.1) is 0 Å². The highest BCUT2D eigenvalue weighted by Gasteiger charge is 2.21. The van der Waals surface area contributed by atoms with Gasteiger partial charge in [0.15, 0.2) is 0 Å². The molecule has 0 aromatic rings. The maximum absolute atomic E-state index is 12.2. The van der Waals surface area contributed by atoms with E-state index in [-0.39, 0.29) is 5.97 Å². The monoisotopic (exact) mass is 455 g/mol. The molecule has 190 valence electrons. The largest absolute Gasteiger partial charge is 0.464 e. The minimum absolute atomic E-state index is 0.346. The fraction of sp³-hybridized carbons (Fsp3) is 0.926. The summed E-state index contributed by atoms with van der Waals surface area (Å²) in [5, 5.41) is 2.62. The fourth-order valence-corrected chi connectivity index (χ4v) is 3.84. The number of carbonyl (C=O) groups is 2. The molecule has 0 fully saturated rings. The van der Waals surface area contributed by atoms with Crippen LogP contribution in [0, 0.1) is 0 Å². The lowest BCUT2D eigenvalue weighted by Gasteiger charge is -2.16. The molecule has 1 N–H and O–H groups in total. The molecule has 0 spiro atoms. The minimum atomic E-state index is -0.606. The number of ether oxygens (including phenoxy) is 2. The third-order valence-electron chi connectivity index (χ3n) is 5.83. The van der Waals surface area contributed by atoms with Crippen molar-refractivity contribution in [3.63, 3.8) is 0 Å². The first-order valence-electron chi connectivity index (χ1n) is 13.8. The van der Waals surface area contributed by atoms with Gasteiger partial charge in [-0.1, -0.05) is 124 Å². The first kappa shape index (κ1) is 30.7. The first-order valence-corrected chi connectivity index (χ1v) is 13.8. The average molecular weight is 456 g/mol. The van der Waals surface area contributed by atoms with Crippen LogP contribution < -0.4 is 5.32 Å². The number of hydrogen-bond donors (Lipinski definition) is 1. The van der Waals surface area contributed by atoms with Crippen LogP contribution >= 0.6 is 0 Å². The molecule has 0 rings (SSSR count). The molecule has 0 aromatic carbocycles. The van der Waals surface area contributed by atoms with Crippen molar-refractivity contribution in [1.82, 2.24) is 5.32 Å². The van der Waals surface area contributed by atoms with Gasteiger partial charge in [0.25, 0.3) is 0 Å². The van der Waals surface area contributed by atoms with Gasteiger partial charge >= 0.3 is 12.1 Å². The maximum Gasteiger partial charge on any atom is 0.407 e. The summed E-state index contributed by atoms with van der Waals surface area (Å²) in [6.07, 6.45) is 22.7. The smallest absolute Gasteiger partial charge is 0.407 e. The van der Waals surface area contributed by atoms with Crippen LogP contribution in [0.3, 0.4) is 0 Å². The Morgan fingerprint density at radius 2 is 1.03 bits per heavy atom. The number of alkyl carbamates (subject to hydrolysis) is 1. The lowest BCUT2D eigenvalue weighted by Crippen LogP contribution is -2.42. The van der Waals surface area contributed by atoms with E-state index in [1.807, 2.05) is 13.8 Å². The van der Waals surface area contributed by atoms with E-state index in [9.17, 15) is 9.59 Å². The van der Waals surface area contributed by atoms with E-state index >= 15 is 0 Å². The molecule has 5 heteroatoms. The number of nitrogens with one attached hydrogen (secondary N) is 1. The molecule has 1 unspecified atom stereocenters. The van der Waals surface area contributed by atoms with Crippen LogP contribution in [-0.2, 0) is 14.3 Å². The molecule has 5 nitrogen and oxygen atoms in total. The van der Waals surface area contributed by atoms with Gasteiger partial charge in [-0.25, -0.2) is 9.59 Å². The summed E-state index contributed by atoms with van der Waals surface area (Å²) in [6.45, 7) is 6.98. The molecule has 0 aliphatic heterocycles. The normalized spacial score (nSPS) is 11.8. The van der Waals surface area contributed by atoms with Gasteiger partial charge in [0.1, 0.15) is 6.04 Å². The summed E-state index contributed by atoms with van der Waals surface area (Å²) in [6, 6.07) is -0.606. The van der Waals surface area contributed by atoms with Crippen LogP contribution in [-0.4, -0.2) is 31.3 Å². The second kappa shape index (κ2) is 24.4. The molecule has 0 saturated heterocycles. The van der Waals surface area contributed by atoms with E-state index in [0.717, 1.165) is 25.7 Å². The Labute approximate surface area is 198 Å². The number of unbranched alkanes of at least 4 members (excludes halogenated alkanes) is 15. The van der Waals surface area contributed by atoms with E-state index in [1.165, 1.54) is 89.9 Å². The van der Waals surface area contributed by atoms with Crippen LogP contribution in [0.1, 0.15) is 143 Å². The highest BCUT2D eigenvalue weighted by molar-refractivity contribution is 5.81. The van der Waals surface area contributed by atoms with Gasteiger partial charge in [-0.05, 0) is 19.3 Å². The average Bonchev–Trinajstić information content (AvgIpc) is 2.79. The predicted molar refractivity (Wildman–Crippen MR) is 134 cm³/mol. The number of esters is 1. The molecule has 0 aliphatic carbocycles. The lowest BCUT2D eigenvalue weighted by atomic mass is 10.0. The molecule has 0 aromatic heterocycles. The van der Waals surface area contributed by atoms with Crippen LogP contribution in [0.2, 0.25) is 0 Å². The van der Waals surface area contributed by atoms with Gasteiger partial charge in [-0.3, -0.25) is 0 Å². The Hall–Kier alpha value is -1.26. The van der Waals surface area contributed by atoms with Crippen molar-refractivity contribution < 1.29 is 19.1 Å². The highest BCUT2D eigenvalue weighted by Crippen LogP contribution is 2.13. The summed E-state index contributed by atoms with van der Waals surface area (Å²) in [5.41, 5.74) is 0. The standard InChI is InChI=1S/C27H53NO4/c1-4-7-8-9-10-11-12-13-14-15-16-17-18-19-20-21-24-31-26(29)25(22-5-2)28-27(30)32-23-6-3/h25H,4-24H2,1-3H3,(H,28,30). The first-order chi connectivity index (χ1) is 15.7. The lowest BCUT2D eigenvalue weighted by molar-refractivity contribution is -0.146. The Balaban J connectivity index is 3.50. The topological polar surface area (TPSA) is 64.6 Å². The van der Waals surface area contributed by atoms with Gasteiger partial charge in [0.2, 0.25) is 0 Å². The Morgan fingerprint density at radius 3 is 1.47 bits per heavy atom. The summed E-state index contributed by atoms with van der Waals surface area (Å²) >= 11 is 0. The molecular weight excluding hydrogens is 402 g/mol. The molecule has 0 saturated carbocycles. The van der Waals surface area contributed by atoms with Crippen molar-refractivity contribution in [1.29, 1.82) is 0 Å². The number of carbonyl (C=O) groups excluding carboxylic acids is 2. The minimum Gasteiger partial charge on any atom is -0.464 e. The molecular formula is C27H53NO4. The zero-order chi connectivity index (χ0) is 23.7.